The number of benzene rings is 2. The van der Waals surface area contributed by atoms with E-state index < -0.39 is 0 Å². The van der Waals surface area contributed by atoms with Gasteiger partial charge in [-0.05, 0) is 75.4 Å². The minimum Gasteiger partial charge on any atom is -0.339 e. The highest BCUT2D eigenvalue weighted by Crippen LogP contribution is 2.19. The molecule has 160 valence electrons. The summed E-state index contributed by atoms with van der Waals surface area (Å²) in [4.78, 5) is 23.8. The van der Waals surface area contributed by atoms with Crippen LogP contribution in [0.2, 0.25) is 0 Å². The molecular formula is C24H22N6O2. The van der Waals surface area contributed by atoms with E-state index >= 15 is 0 Å². The molecule has 2 aromatic heterocycles. The molecule has 0 aliphatic carbocycles. The Morgan fingerprint density at radius 1 is 0.812 bits per heavy atom. The molecule has 0 unspecified atom stereocenters. The van der Waals surface area contributed by atoms with Crippen molar-refractivity contribution < 1.29 is 9.59 Å². The largest absolute Gasteiger partial charge is 0.339 e. The average molecular weight is 426 g/mol. The third kappa shape index (κ3) is 4.70. The molecule has 2 aromatic carbocycles. The van der Waals surface area contributed by atoms with Crippen molar-refractivity contribution in [2.24, 2.45) is 0 Å². The van der Waals surface area contributed by atoms with Crippen LogP contribution in [-0.4, -0.2) is 31.7 Å². The highest BCUT2D eigenvalue weighted by molar-refractivity contribution is 6.05. The Morgan fingerprint density at radius 3 is 2.03 bits per heavy atom. The molecule has 0 aliphatic heterocycles. The number of aromatic nitrogens is 4. The zero-order valence-corrected chi connectivity index (χ0v) is 18.0. The van der Waals surface area contributed by atoms with Crippen molar-refractivity contribution in [3.05, 3.63) is 89.2 Å². The second-order valence-corrected chi connectivity index (χ2v) is 7.41. The van der Waals surface area contributed by atoms with Crippen LogP contribution in [0.4, 0.5) is 17.2 Å². The molecule has 4 rings (SSSR count). The minimum absolute atomic E-state index is 0.0361. The quantitative estimate of drug-likeness (QED) is 0.441. The Kier molecular flexibility index (Phi) is 5.76. The van der Waals surface area contributed by atoms with E-state index in [9.17, 15) is 9.59 Å². The predicted octanol–water partition coefficient (Wildman–Crippen LogP) is 4.48. The summed E-state index contributed by atoms with van der Waals surface area (Å²) in [5.74, 6) is 0.963. The molecule has 0 aliphatic rings. The maximum absolute atomic E-state index is 12.4. The summed E-state index contributed by atoms with van der Waals surface area (Å²) in [5, 5.41) is 18.9. The van der Waals surface area contributed by atoms with E-state index in [-0.39, 0.29) is 11.7 Å². The number of carbonyl (C=O) groups excluding carboxylic acids is 2. The van der Waals surface area contributed by atoms with Gasteiger partial charge in [-0.25, -0.2) is 4.68 Å². The predicted molar refractivity (Wildman–Crippen MR) is 123 cm³/mol. The summed E-state index contributed by atoms with van der Waals surface area (Å²) in [6, 6.07) is 19.5. The van der Waals surface area contributed by atoms with Gasteiger partial charge in [0, 0.05) is 28.2 Å². The van der Waals surface area contributed by atoms with Gasteiger partial charge < -0.3 is 10.6 Å². The van der Waals surface area contributed by atoms with Crippen LogP contribution in [0, 0.1) is 13.8 Å². The van der Waals surface area contributed by atoms with E-state index in [4.69, 9.17) is 0 Å². The molecule has 0 fully saturated rings. The normalized spacial score (nSPS) is 10.6. The number of rotatable bonds is 6. The van der Waals surface area contributed by atoms with E-state index in [0.29, 0.717) is 28.5 Å². The maximum Gasteiger partial charge on any atom is 0.255 e. The SMILES string of the molecule is CC(=O)c1ccc(C(=O)Nc2ccc(Nc3ccc(-n4nc(C)cc4C)nn3)cc2)cc1. The topological polar surface area (TPSA) is 102 Å². The van der Waals surface area contributed by atoms with E-state index in [1.165, 1.54) is 6.92 Å². The van der Waals surface area contributed by atoms with Crippen molar-refractivity contribution in [1.82, 2.24) is 20.0 Å². The van der Waals surface area contributed by atoms with Gasteiger partial charge in [0.2, 0.25) is 0 Å². The molecule has 0 bridgehead atoms. The molecule has 0 saturated heterocycles. The van der Waals surface area contributed by atoms with Crippen LogP contribution in [-0.2, 0) is 0 Å². The number of Topliss-reactive ketones (excluding diaryl/α,β-unsaturated/α-hetero) is 1. The van der Waals surface area contributed by atoms with Crippen molar-refractivity contribution >= 4 is 28.9 Å². The molecule has 2 heterocycles. The second-order valence-electron chi connectivity index (χ2n) is 7.41. The Hall–Kier alpha value is -4.33. The highest BCUT2D eigenvalue weighted by atomic mass is 16.1. The zero-order chi connectivity index (χ0) is 22.7. The lowest BCUT2D eigenvalue weighted by Gasteiger charge is -2.09. The van der Waals surface area contributed by atoms with Crippen LogP contribution in [0.5, 0.6) is 0 Å². The van der Waals surface area contributed by atoms with E-state index in [0.717, 1.165) is 17.1 Å². The summed E-state index contributed by atoms with van der Waals surface area (Å²) in [7, 11) is 0. The summed E-state index contributed by atoms with van der Waals surface area (Å²) in [6.07, 6.45) is 0. The number of aryl methyl sites for hydroxylation is 2. The van der Waals surface area contributed by atoms with Gasteiger partial charge in [0.05, 0.1) is 5.69 Å². The Balaban J connectivity index is 1.39. The number of ketones is 1. The molecular weight excluding hydrogens is 404 g/mol. The van der Waals surface area contributed by atoms with Crippen LogP contribution >= 0.6 is 0 Å². The van der Waals surface area contributed by atoms with Gasteiger partial charge in [-0.2, -0.15) is 5.10 Å². The Bertz CT molecular complexity index is 1260. The highest BCUT2D eigenvalue weighted by Gasteiger charge is 2.08. The van der Waals surface area contributed by atoms with E-state index in [2.05, 4.69) is 25.9 Å². The molecule has 8 nitrogen and oxygen atoms in total. The molecule has 0 saturated carbocycles. The van der Waals surface area contributed by atoms with Gasteiger partial charge in [0.25, 0.3) is 5.91 Å². The fraction of sp³-hybridized carbons (Fsp3) is 0.125. The van der Waals surface area contributed by atoms with Gasteiger partial charge >= 0.3 is 0 Å². The maximum atomic E-state index is 12.4. The molecule has 0 spiro atoms. The summed E-state index contributed by atoms with van der Waals surface area (Å²) >= 11 is 0. The summed E-state index contributed by atoms with van der Waals surface area (Å²) in [6.45, 7) is 5.39. The van der Waals surface area contributed by atoms with Crippen molar-refractivity contribution in [3.63, 3.8) is 0 Å². The van der Waals surface area contributed by atoms with E-state index in [1.807, 2.05) is 44.2 Å². The first-order valence-corrected chi connectivity index (χ1v) is 10.1. The molecule has 0 atom stereocenters. The smallest absolute Gasteiger partial charge is 0.255 e. The van der Waals surface area contributed by atoms with Crippen LogP contribution in [0.1, 0.15) is 39.0 Å². The number of nitrogens with zero attached hydrogens (tertiary/aromatic N) is 4. The zero-order valence-electron chi connectivity index (χ0n) is 18.0. The van der Waals surface area contributed by atoms with Crippen molar-refractivity contribution in [2.75, 3.05) is 10.6 Å². The lowest BCUT2D eigenvalue weighted by molar-refractivity contribution is 0.101. The first kappa shape index (κ1) is 20.9. The third-order valence-electron chi connectivity index (χ3n) is 4.85. The molecule has 32 heavy (non-hydrogen) atoms. The number of anilines is 3. The Morgan fingerprint density at radius 2 is 1.47 bits per heavy atom. The first-order valence-electron chi connectivity index (χ1n) is 10.1. The number of nitrogens with one attached hydrogen (secondary N) is 2. The molecule has 0 radical (unpaired) electrons. The average Bonchev–Trinajstić information content (AvgIpc) is 3.13. The number of hydrogen-bond acceptors (Lipinski definition) is 6. The fourth-order valence-corrected chi connectivity index (χ4v) is 3.21. The summed E-state index contributed by atoms with van der Waals surface area (Å²) in [5.41, 5.74) is 4.43. The lowest BCUT2D eigenvalue weighted by Crippen LogP contribution is -2.12. The van der Waals surface area contributed by atoms with E-state index in [1.54, 1.807) is 41.1 Å². The Labute approximate surface area is 185 Å². The third-order valence-corrected chi connectivity index (χ3v) is 4.85. The molecule has 1 amide bonds. The standard InChI is InChI=1S/C24H22N6O2/c1-15-14-16(2)30(29-15)23-13-12-22(27-28-23)25-20-8-10-21(11-9-20)26-24(32)19-6-4-18(5-7-19)17(3)31/h4-14H,1-3H3,(H,25,27)(H,26,32). The molecule has 2 N–H and O–H groups in total. The van der Waals surface area contributed by atoms with Crippen molar-refractivity contribution in [3.8, 4) is 5.82 Å². The van der Waals surface area contributed by atoms with Crippen LogP contribution in [0.15, 0.2) is 66.7 Å². The molecule has 8 heteroatoms. The fourth-order valence-electron chi connectivity index (χ4n) is 3.21. The molecule has 4 aromatic rings. The van der Waals surface area contributed by atoms with Crippen LogP contribution < -0.4 is 10.6 Å². The monoisotopic (exact) mass is 426 g/mol. The number of carbonyl (C=O) groups is 2. The van der Waals surface area contributed by atoms with Crippen LogP contribution in [0.3, 0.4) is 0 Å². The number of amides is 1. The van der Waals surface area contributed by atoms with Gasteiger partial charge in [-0.1, -0.05) is 12.1 Å². The number of hydrogen-bond donors (Lipinski definition) is 2. The first-order chi connectivity index (χ1) is 15.4. The minimum atomic E-state index is -0.244. The van der Waals surface area contributed by atoms with Gasteiger partial charge in [-0.15, -0.1) is 10.2 Å². The van der Waals surface area contributed by atoms with Gasteiger partial charge in [-0.3, -0.25) is 9.59 Å². The van der Waals surface area contributed by atoms with Gasteiger partial charge in [0.1, 0.15) is 0 Å². The summed E-state index contributed by atoms with van der Waals surface area (Å²) < 4.78 is 1.75. The van der Waals surface area contributed by atoms with Crippen molar-refractivity contribution in [2.45, 2.75) is 20.8 Å². The lowest BCUT2D eigenvalue weighted by atomic mass is 10.1. The van der Waals surface area contributed by atoms with Gasteiger partial charge in [0.15, 0.2) is 17.4 Å². The second kappa shape index (κ2) is 8.81. The van der Waals surface area contributed by atoms with Crippen LogP contribution in [0.25, 0.3) is 5.82 Å². The van der Waals surface area contributed by atoms with Crippen molar-refractivity contribution in [1.29, 1.82) is 0 Å².